The van der Waals surface area contributed by atoms with E-state index < -0.39 is 0 Å². The molecule has 4 nitrogen and oxygen atoms in total. The lowest BCUT2D eigenvalue weighted by molar-refractivity contribution is -0.122. The smallest absolute Gasteiger partial charge is 0.142 e. The summed E-state index contributed by atoms with van der Waals surface area (Å²) in [5.41, 5.74) is 6.71. The first-order chi connectivity index (χ1) is 8.06. The lowest BCUT2D eigenvalue weighted by Crippen LogP contribution is -2.19. The SMILES string of the molecule is CC(C)n1ccc(CC(=O)C2CCC(N)C2)n1. The van der Waals surface area contributed by atoms with Crippen molar-refractivity contribution < 1.29 is 4.79 Å². The van der Waals surface area contributed by atoms with Crippen LogP contribution in [0.3, 0.4) is 0 Å². The molecule has 4 heteroatoms. The van der Waals surface area contributed by atoms with Crippen LogP contribution >= 0.6 is 0 Å². The molecule has 2 N–H and O–H groups in total. The van der Waals surface area contributed by atoms with Gasteiger partial charge in [-0.1, -0.05) is 0 Å². The first-order valence-electron chi connectivity index (χ1n) is 6.38. The van der Waals surface area contributed by atoms with Crippen molar-refractivity contribution in [3.63, 3.8) is 0 Å². The Morgan fingerprint density at radius 2 is 2.35 bits per heavy atom. The van der Waals surface area contributed by atoms with Crippen molar-refractivity contribution in [2.45, 2.75) is 51.6 Å². The van der Waals surface area contributed by atoms with Crippen molar-refractivity contribution in [2.24, 2.45) is 11.7 Å². The molecule has 0 radical (unpaired) electrons. The van der Waals surface area contributed by atoms with Crippen molar-refractivity contribution in [3.05, 3.63) is 18.0 Å². The summed E-state index contributed by atoms with van der Waals surface area (Å²) in [6, 6.07) is 2.50. The lowest BCUT2D eigenvalue weighted by Gasteiger charge is -2.07. The number of carbonyl (C=O) groups excluding carboxylic acids is 1. The minimum atomic E-state index is 0.161. The van der Waals surface area contributed by atoms with Gasteiger partial charge in [0.2, 0.25) is 0 Å². The molecular weight excluding hydrogens is 214 g/mol. The van der Waals surface area contributed by atoms with Crippen molar-refractivity contribution >= 4 is 5.78 Å². The van der Waals surface area contributed by atoms with Gasteiger partial charge in [-0.05, 0) is 39.2 Å². The maximum Gasteiger partial charge on any atom is 0.142 e. The van der Waals surface area contributed by atoms with Gasteiger partial charge >= 0.3 is 0 Å². The number of aromatic nitrogens is 2. The number of nitrogens with two attached hydrogens (primary N) is 1. The molecule has 0 aliphatic heterocycles. The molecule has 0 aromatic carbocycles. The first-order valence-corrected chi connectivity index (χ1v) is 6.38. The summed E-state index contributed by atoms with van der Waals surface area (Å²) in [6.07, 6.45) is 5.18. The molecule has 0 amide bonds. The molecule has 1 aromatic rings. The molecule has 1 aromatic heterocycles. The Labute approximate surface area is 102 Å². The van der Waals surface area contributed by atoms with Crippen LogP contribution in [0.5, 0.6) is 0 Å². The maximum absolute atomic E-state index is 12.0. The van der Waals surface area contributed by atoms with Crippen LogP contribution in [0.25, 0.3) is 0 Å². The third kappa shape index (κ3) is 2.94. The number of hydrogen-bond acceptors (Lipinski definition) is 3. The number of nitrogens with zero attached hydrogens (tertiary/aromatic N) is 2. The summed E-state index contributed by atoms with van der Waals surface area (Å²) >= 11 is 0. The van der Waals surface area contributed by atoms with Crippen LogP contribution in [-0.2, 0) is 11.2 Å². The van der Waals surface area contributed by atoms with Crippen LogP contribution in [0.15, 0.2) is 12.3 Å². The Bertz CT molecular complexity index is 397. The highest BCUT2D eigenvalue weighted by Gasteiger charge is 2.27. The topological polar surface area (TPSA) is 60.9 Å². The van der Waals surface area contributed by atoms with E-state index in [-0.39, 0.29) is 12.0 Å². The minimum absolute atomic E-state index is 0.161. The van der Waals surface area contributed by atoms with E-state index in [1.165, 1.54) is 0 Å². The lowest BCUT2D eigenvalue weighted by atomic mass is 9.99. The molecular formula is C13H21N3O. The van der Waals surface area contributed by atoms with E-state index in [1.807, 2.05) is 16.9 Å². The van der Waals surface area contributed by atoms with Gasteiger partial charge in [-0.25, -0.2) is 0 Å². The largest absolute Gasteiger partial charge is 0.328 e. The van der Waals surface area contributed by atoms with Gasteiger partial charge in [0.05, 0.1) is 12.1 Å². The van der Waals surface area contributed by atoms with Crippen molar-refractivity contribution in [2.75, 3.05) is 0 Å². The average molecular weight is 235 g/mol. The Kier molecular flexibility index (Phi) is 3.62. The molecule has 1 aliphatic rings. The zero-order valence-electron chi connectivity index (χ0n) is 10.6. The van der Waals surface area contributed by atoms with Crippen molar-refractivity contribution in [3.8, 4) is 0 Å². The van der Waals surface area contributed by atoms with Gasteiger partial charge in [0.15, 0.2) is 0 Å². The number of hydrogen-bond donors (Lipinski definition) is 1. The molecule has 1 fully saturated rings. The zero-order chi connectivity index (χ0) is 12.4. The van der Waals surface area contributed by atoms with E-state index in [9.17, 15) is 4.79 Å². The van der Waals surface area contributed by atoms with Crippen LogP contribution in [-0.4, -0.2) is 21.6 Å². The second-order valence-corrected chi connectivity index (χ2v) is 5.29. The summed E-state index contributed by atoms with van der Waals surface area (Å²) < 4.78 is 1.89. The third-order valence-electron chi connectivity index (χ3n) is 3.48. The van der Waals surface area contributed by atoms with Gasteiger partial charge in [0.1, 0.15) is 5.78 Å². The Morgan fingerprint density at radius 3 is 2.88 bits per heavy atom. The fourth-order valence-electron chi connectivity index (χ4n) is 2.39. The van der Waals surface area contributed by atoms with Gasteiger partial charge in [0, 0.05) is 24.2 Å². The highest BCUT2D eigenvalue weighted by molar-refractivity contribution is 5.83. The first kappa shape index (κ1) is 12.3. The molecule has 0 saturated heterocycles. The second kappa shape index (κ2) is 5.00. The molecule has 2 unspecified atom stereocenters. The number of ketones is 1. The quantitative estimate of drug-likeness (QED) is 0.864. The van der Waals surface area contributed by atoms with Gasteiger partial charge < -0.3 is 5.73 Å². The van der Waals surface area contributed by atoms with E-state index in [1.54, 1.807) is 0 Å². The Balaban J connectivity index is 1.93. The minimum Gasteiger partial charge on any atom is -0.328 e. The van der Waals surface area contributed by atoms with E-state index in [4.69, 9.17) is 5.73 Å². The molecule has 1 aliphatic carbocycles. The summed E-state index contributed by atoms with van der Waals surface area (Å²) in [5.74, 6) is 0.459. The van der Waals surface area contributed by atoms with Crippen molar-refractivity contribution in [1.82, 2.24) is 9.78 Å². The highest BCUT2D eigenvalue weighted by Crippen LogP contribution is 2.25. The molecule has 2 atom stereocenters. The van der Waals surface area contributed by atoms with E-state index in [0.717, 1.165) is 25.0 Å². The van der Waals surface area contributed by atoms with Gasteiger partial charge in [-0.15, -0.1) is 0 Å². The Morgan fingerprint density at radius 1 is 1.59 bits per heavy atom. The predicted molar refractivity (Wildman–Crippen MR) is 66.6 cm³/mol. The predicted octanol–water partition coefficient (Wildman–Crippen LogP) is 1.70. The molecule has 0 bridgehead atoms. The summed E-state index contributed by atoms with van der Waals surface area (Å²) in [4.78, 5) is 12.0. The molecule has 2 rings (SSSR count). The molecule has 17 heavy (non-hydrogen) atoms. The standard InChI is InChI=1S/C13H21N3O/c1-9(2)16-6-5-12(15-16)8-13(17)10-3-4-11(14)7-10/h5-6,9-11H,3-4,7-8,14H2,1-2H3. The fourth-order valence-corrected chi connectivity index (χ4v) is 2.39. The highest BCUT2D eigenvalue weighted by atomic mass is 16.1. The van der Waals surface area contributed by atoms with E-state index in [0.29, 0.717) is 18.2 Å². The van der Waals surface area contributed by atoms with Crippen LogP contribution in [0.1, 0.15) is 44.8 Å². The monoisotopic (exact) mass is 235 g/mol. The van der Waals surface area contributed by atoms with Crippen LogP contribution in [0.4, 0.5) is 0 Å². The fraction of sp³-hybridized carbons (Fsp3) is 0.692. The second-order valence-electron chi connectivity index (χ2n) is 5.29. The maximum atomic E-state index is 12.0. The normalized spacial score (nSPS) is 24.5. The molecule has 0 spiro atoms. The molecule has 1 saturated carbocycles. The summed E-state index contributed by atoms with van der Waals surface area (Å²) in [5, 5.41) is 4.40. The van der Waals surface area contributed by atoms with Gasteiger partial charge in [0.25, 0.3) is 0 Å². The van der Waals surface area contributed by atoms with E-state index in [2.05, 4.69) is 18.9 Å². The van der Waals surface area contributed by atoms with Crippen LogP contribution in [0.2, 0.25) is 0 Å². The van der Waals surface area contributed by atoms with Crippen LogP contribution < -0.4 is 5.73 Å². The van der Waals surface area contributed by atoms with Crippen LogP contribution in [0, 0.1) is 5.92 Å². The average Bonchev–Trinajstić information content (AvgIpc) is 2.86. The summed E-state index contributed by atoms with van der Waals surface area (Å²) in [6.45, 7) is 4.16. The number of Topliss-reactive ketones (excluding diaryl/α,β-unsaturated/α-hetero) is 1. The van der Waals surface area contributed by atoms with Crippen molar-refractivity contribution in [1.29, 1.82) is 0 Å². The molecule has 94 valence electrons. The number of carbonyl (C=O) groups is 1. The number of rotatable bonds is 4. The zero-order valence-corrected chi connectivity index (χ0v) is 10.6. The Hall–Kier alpha value is -1.16. The van der Waals surface area contributed by atoms with Gasteiger partial charge in [-0.2, -0.15) is 5.10 Å². The van der Waals surface area contributed by atoms with E-state index >= 15 is 0 Å². The van der Waals surface area contributed by atoms with Gasteiger partial charge in [-0.3, -0.25) is 9.48 Å². The summed E-state index contributed by atoms with van der Waals surface area (Å²) in [7, 11) is 0. The third-order valence-corrected chi connectivity index (χ3v) is 3.48. The molecule has 1 heterocycles.